The van der Waals surface area contributed by atoms with Gasteiger partial charge < -0.3 is 24.1 Å². The summed E-state index contributed by atoms with van der Waals surface area (Å²) in [5, 5.41) is 1.22. The molecule has 6 rings (SSSR count). The minimum atomic E-state index is -0.183. The van der Waals surface area contributed by atoms with E-state index in [1.807, 2.05) is 29.2 Å². The summed E-state index contributed by atoms with van der Waals surface area (Å²) in [6.07, 6.45) is 0.798. The van der Waals surface area contributed by atoms with E-state index in [1.165, 1.54) is 10.9 Å². The zero-order valence-corrected chi connectivity index (χ0v) is 14.6. The highest BCUT2D eigenvalue weighted by atomic mass is 16.7. The lowest BCUT2D eigenvalue weighted by molar-refractivity contribution is -0.151. The molecular formula is C21H18N2O4. The van der Waals surface area contributed by atoms with E-state index in [2.05, 4.69) is 23.2 Å². The second kappa shape index (κ2) is 5.50. The quantitative estimate of drug-likeness (QED) is 0.723. The normalized spacial score (nSPS) is 23.4. The number of nitrogens with one attached hydrogen (secondary N) is 1. The summed E-state index contributed by atoms with van der Waals surface area (Å²) in [6.45, 7) is 0.930. The van der Waals surface area contributed by atoms with Gasteiger partial charge in [-0.15, -0.1) is 0 Å². The first-order valence-electron chi connectivity index (χ1n) is 9.17. The van der Waals surface area contributed by atoms with Crippen LogP contribution in [-0.2, 0) is 16.0 Å². The number of fused-ring (bicyclic) bond motifs is 5. The fraction of sp³-hybridized carbons (Fsp3) is 0.286. The van der Waals surface area contributed by atoms with Crippen molar-refractivity contribution in [3.63, 3.8) is 0 Å². The lowest BCUT2D eigenvalue weighted by Gasteiger charge is -2.44. The van der Waals surface area contributed by atoms with Gasteiger partial charge in [0, 0.05) is 16.6 Å². The molecule has 1 fully saturated rings. The van der Waals surface area contributed by atoms with Crippen LogP contribution in [0.2, 0.25) is 0 Å². The van der Waals surface area contributed by atoms with E-state index in [-0.39, 0.29) is 31.4 Å². The minimum absolute atomic E-state index is 0.0261. The van der Waals surface area contributed by atoms with Crippen LogP contribution >= 0.6 is 0 Å². The highest BCUT2D eigenvalue weighted by Crippen LogP contribution is 2.44. The van der Waals surface area contributed by atoms with Crippen LogP contribution in [0.15, 0.2) is 42.5 Å². The highest BCUT2D eigenvalue weighted by Gasteiger charge is 2.42. The highest BCUT2D eigenvalue weighted by molar-refractivity contribution is 5.87. The van der Waals surface area contributed by atoms with E-state index in [9.17, 15) is 4.79 Å². The lowest BCUT2D eigenvalue weighted by Crippen LogP contribution is -2.54. The number of nitrogens with zero attached hydrogens (tertiary/aromatic N) is 1. The van der Waals surface area contributed by atoms with Crippen LogP contribution in [0.4, 0.5) is 0 Å². The zero-order valence-electron chi connectivity index (χ0n) is 14.6. The number of aromatic amines is 1. The molecule has 1 saturated heterocycles. The molecule has 0 saturated carbocycles. The Morgan fingerprint density at radius 3 is 2.93 bits per heavy atom. The van der Waals surface area contributed by atoms with Crippen LogP contribution < -0.4 is 9.47 Å². The monoisotopic (exact) mass is 362 g/mol. The van der Waals surface area contributed by atoms with E-state index in [0.29, 0.717) is 6.61 Å². The van der Waals surface area contributed by atoms with Gasteiger partial charge in [0.25, 0.3) is 0 Å². The second-order valence-corrected chi connectivity index (χ2v) is 7.25. The third-order valence-corrected chi connectivity index (χ3v) is 5.77. The predicted octanol–water partition coefficient (Wildman–Crippen LogP) is 2.77. The molecule has 0 radical (unpaired) electrons. The van der Waals surface area contributed by atoms with Gasteiger partial charge in [-0.25, -0.2) is 0 Å². The maximum atomic E-state index is 12.8. The van der Waals surface area contributed by atoms with Gasteiger partial charge in [-0.05, 0) is 35.7 Å². The molecule has 1 N–H and O–H groups in total. The lowest BCUT2D eigenvalue weighted by atomic mass is 9.87. The van der Waals surface area contributed by atoms with Gasteiger partial charge in [-0.2, -0.15) is 0 Å². The van der Waals surface area contributed by atoms with E-state index < -0.39 is 0 Å². The van der Waals surface area contributed by atoms with Gasteiger partial charge in [0.05, 0.1) is 18.7 Å². The van der Waals surface area contributed by atoms with E-state index in [1.54, 1.807) is 0 Å². The number of H-pyrrole nitrogens is 1. The summed E-state index contributed by atoms with van der Waals surface area (Å²) in [5.74, 6) is 1.50. The number of ether oxygens (including phenoxy) is 3. The van der Waals surface area contributed by atoms with Crippen molar-refractivity contribution in [3.8, 4) is 11.5 Å². The molecule has 3 aliphatic rings. The molecule has 2 aromatic carbocycles. The maximum Gasteiger partial charge on any atom is 0.249 e. The topological polar surface area (TPSA) is 63.8 Å². The molecule has 1 aromatic heterocycles. The van der Waals surface area contributed by atoms with Crippen LogP contribution in [0.25, 0.3) is 10.9 Å². The average Bonchev–Trinajstić information content (AvgIpc) is 3.30. The Morgan fingerprint density at radius 2 is 1.96 bits per heavy atom. The van der Waals surface area contributed by atoms with E-state index >= 15 is 0 Å². The van der Waals surface area contributed by atoms with Crippen molar-refractivity contribution in [1.29, 1.82) is 0 Å². The Hall–Kier alpha value is -2.99. The van der Waals surface area contributed by atoms with Gasteiger partial charge in [0.15, 0.2) is 11.5 Å². The Balaban J connectivity index is 1.58. The number of hydrogen-bond donors (Lipinski definition) is 1. The second-order valence-electron chi connectivity index (χ2n) is 7.25. The number of para-hydroxylation sites is 1. The van der Waals surface area contributed by atoms with Crippen molar-refractivity contribution in [2.75, 3.05) is 20.0 Å². The maximum absolute atomic E-state index is 12.8. The third kappa shape index (κ3) is 2.13. The molecule has 136 valence electrons. The van der Waals surface area contributed by atoms with Gasteiger partial charge >= 0.3 is 0 Å². The molecule has 27 heavy (non-hydrogen) atoms. The number of benzene rings is 2. The van der Waals surface area contributed by atoms with Crippen molar-refractivity contribution >= 4 is 16.8 Å². The molecule has 1 amide bonds. The van der Waals surface area contributed by atoms with Gasteiger partial charge in [-0.1, -0.05) is 24.3 Å². The molecule has 0 spiro atoms. The summed E-state index contributed by atoms with van der Waals surface area (Å²) in [7, 11) is 0. The molecule has 3 aliphatic heterocycles. The third-order valence-electron chi connectivity index (χ3n) is 5.77. The molecular weight excluding hydrogens is 344 g/mol. The number of amides is 1. The number of carbonyl (C=O) groups excluding carboxylic acids is 1. The Bertz CT molecular complexity index is 1070. The summed E-state index contributed by atoms with van der Waals surface area (Å²) in [6, 6.07) is 14.1. The smallest absolute Gasteiger partial charge is 0.249 e. The van der Waals surface area contributed by atoms with Crippen LogP contribution in [-0.4, -0.2) is 41.8 Å². The van der Waals surface area contributed by atoms with Gasteiger partial charge in [0.2, 0.25) is 12.7 Å². The summed E-state index contributed by atoms with van der Waals surface area (Å²) < 4.78 is 16.6. The number of rotatable bonds is 1. The molecule has 3 aromatic rings. The fourth-order valence-corrected chi connectivity index (χ4v) is 4.61. The average molecular weight is 362 g/mol. The first-order valence-corrected chi connectivity index (χ1v) is 9.17. The first kappa shape index (κ1) is 15.1. The van der Waals surface area contributed by atoms with Crippen molar-refractivity contribution in [3.05, 3.63) is 59.3 Å². The van der Waals surface area contributed by atoms with E-state index in [4.69, 9.17) is 14.2 Å². The Labute approximate surface area is 155 Å². The van der Waals surface area contributed by atoms with Crippen molar-refractivity contribution in [2.24, 2.45) is 0 Å². The number of aromatic nitrogens is 1. The number of morpholine rings is 1. The molecule has 2 atom stereocenters. The van der Waals surface area contributed by atoms with Crippen LogP contribution in [0.5, 0.6) is 11.5 Å². The zero-order chi connectivity index (χ0) is 18.0. The van der Waals surface area contributed by atoms with Crippen molar-refractivity contribution in [2.45, 2.75) is 18.5 Å². The molecule has 0 unspecified atom stereocenters. The Morgan fingerprint density at radius 1 is 1.07 bits per heavy atom. The Kier molecular flexibility index (Phi) is 3.08. The SMILES string of the molecule is O=C1COC[C@@H]2Cc3c([nH]c4ccccc34)[C@H](c3ccc4c(c3)OCO4)N12. The molecule has 4 heterocycles. The minimum Gasteiger partial charge on any atom is -0.454 e. The molecule has 6 nitrogen and oxygen atoms in total. The molecule has 0 bridgehead atoms. The predicted molar refractivity (Wildman–Crippen MR) is 97.9 cm³/mol. The summed E-state index contributed by atoms with van der Waals surface area (Å²) in [5.41, 5.74) is 4.47. The summed E-state index contributed by atoms with van der Waals surface area (Å²) in [4.78, 5) is 18.4. The number of hydrogen-bond acceptors (Lipinski definition) is 4. The van der Waals surface area contributed by atoms with Crippen LogP contribution in [0, 0.1) is 0 Å². The first-order chi connectivity index (χ1) is 13.3. The van der Waals surface area contributed by atoms with Crippen molar-refractivity contribution < 1.29 is 19.0 Å². The summed E-state index contributed by atoms with van der Waals surface area (Å²) >= 11 is 0. The van der Waals surface area contributed by atoms with Gasteiger partial charge in [0.1, 0.15) is 6.61 Å². The fourth-order valence-electron chi connectivity index (χ4n) is 4.61. The number of carbonyl (C=O) groups is 1. The van der Waals surface area contributed by atoms with Gasteiger partial charge in [-0.3, -0.25) is 4.79 Å². The largest absolute Gasteiger partial charge is 0.454 e. The van der Waals surface area contributed by atoms with Crippen LogP contribution in [0.3, 0.4) is 0 Å². The van der Waals surface area contributed by atoms with E-state index in [0.717, 1.165) is 34.7 Å². The van der Waals surface area contributed by atoms with Crippen LogP contribution in [0.1, 0.15) is 22.9 Å². The van der Waals surface area contributed by atoms with Crippen molar-refractivity contribution in [1.82, 2.24) is 9.88 Å². The molecule has 0 aliphatic carbocycles. The molecule has 6 heteroatoms. The standard InChI is InChI=1S/C21H18N2O4/c24-19-10-25-9-13-8-15-14-3-1-2-4-16(14)22-20(15)21(23(13)19)12-5-6-17-18(7-12)27-11-26-17/h1-7,13,21-22H,8-11H2/t13-,21-/m0/s1.